The second-order valence-corrected chi connectivity index (χ2v) is 9.90. The Kier molecular flexibility index (Phi) is 6.92. The second kappa shape index (κ2) is 10.3. The second-order valence-electron chi connectivity index (χ2n) is 9.90. The zero-order chi connectivity index (χ0) is 24.4. The maximum atomic E-state index is 13.4. The highest BCUT2D eigenvalue weighted by Crippen LogP contribution is 2.33. The molecule has 0 saturated carbocycles. The first-order valence-corrected chi connectivity index (χ1v) is 12.5. The Balaban J connectivity index is 1.29. The molecule has 1 aromatic heterocycles. The van der Waals surface area contributed by atoms with E-state index in [1.165, 1.54) is 0 Å². The molecule has 1 saturated heterocycles. The highest BCUT2D eigenvalue weighted by atomic mass is 16.5. The number of nitrogens with one attached hydrogen (secondary N) is 2. The summed E-state index contributed by atoms with van der Waals surface area (Å²) < 4.78 is 11.3. The Labute approximate surface area is 205 Å². The van der Waals surface area contributed by atoms with Crippen molar-refractivity contribution in [1.29, 1.82) is 0 Å². The van der Waals surface area contributed by atoms with Crippen molar-refractivity contribution >= 4 is 16.8 Å². The molecule has 1 amide bonds. The normalized spacial score (nSPS) is 16.3. The van der Waals surface area contributed by atoms with Crippen LogP contribution < -0.4 is 10.1 Å². The molecular formula is C27H34N4O4. The Bertz CT molecular complexity index is 1200. The molecule has 3 aromatic rings. The summed E-state index contributed by atoms with van der Waals surface area (Å²) >= 11 is 0. The van der Waals surface area contributed by atoms with Gasteiger partial charge in [-0.2, -0.15) is 5.10 Å². The molecule has 0 bridgehead atoms. The first kappa shape index (κ1) is 23.6. The molecule has 0 unspecified atom stereocenters. The number of carbonyl (C=O) groups excluding carboxylic acids is 1. The Hall–Kier alpha value is -3.10. The average Bonchev–Trinajstić information content (AvgIpc) is 3.45. The molecular weight excluding hydrogens is 444 g/mol. The number of nitrogens with zero attached hydrogens (tertiary/aromatic N) is 2. The average molecular weight is 479 g/mol. The number of phenols is 1. The minimum Gasteiger partial charge on any atom is -0.507 e. The number of aromatic nitrogens is 2. The number of benzene rings is 2. The van der Waals surface area contributed by atoms with Crippen LogP contribution in [0.15, 0.2) is 30.3 Å². The van der Waals surface area contributed by atoms with Crippen LogP contribution in [0.3, 0.4) is 0 Å². The van der Waals surface area contributed by atoms with E-state index >= 15 is 0 Å². The fraction of sp³-hybridized carbons (Fsp3) is 0.481. The van der Waals surface area contributed by atoms with Gasteiger partial charge in [-0.25, -0.2) is 0 Å². The molecule has 1 fully saturated rings. The van der Waals surface area contributed by atoms with E-state index in [9.17, 15) is 9.90 Å². The van der Waals surface area contributed by atoms with Crippen LogP contribution in [0, 0.1) is 5.92 Å². The smallest absolute Gasteiger partial charge is 0.258 e. The van der Waals surface area contributed by atoms with Gasteiger partial charge in [-0.15, -0.1) is 0 Å². The molecule has 0 radical (unpaired) electrons. The van der Waals surface area contributed by atoms with Gasteiger partial charge in [0.15, 0.2) is 0 Å². The molecule has 8 nitrogen and oxygen atoms in total. The largest absolute Gasteiger partial charge is 0.507 e. The van der Waals surface area contributed by atoms with Crippen molar-refractivity contribution in [3.8, 4) is 11.5 Å². The first-order valence-electron chi connectivity index (χ1n) is 12.5. The zero-order valence-electron chi connectivity index (χ0n) is 20.5. The monoisotopic (exact) mass is 478 g/mol. The molecule has 2 aliphatic heterocycles. The lowest BCUT2D eigenvalue weighted by Gasteiger charge is -2.21. The van der Waals surface area contributed by atoms with E-state index in [4.69, 9.17) is 9.47 Å². The van der Waals surface area contributed by atoms with Crippen LogP contribution in [0.1, 0.15) is 53.9 Å². The summed E-state index contributed by atoms with van der Waals surface area (Å²) in [4.78, 5) is 15.2. The lowest BCUT2D eigenvalue weighted by atomic mass is 9.93. The third-order valence-corrected chi connectivity index (χ3v) is 6.93. The fourth-order valence-electron chi connectivity index (χ4n) is 4.96. The lowest BCUT2D eigenvalue weighted by molar-refractivity contribution is 0.0663. The first-order chi connectivity index (χ1) is 17.0. The summed E-state index contributed by atoms with van der Waals surface area (Å²) in [5, 5.41) is 22.4. The number of aromatic amines is 1. The molecule has 8 heteroatoms. The van der Waals surface area contributed by atoms with Gasteiger partial charge in [0, 0.05) is 56.0 Å². The molecule has 186 valence electrons. The van der Waals surface area contributed by atoms with Crippen molar-refractivity contribution in [3.63, 3.8) is 0 Å². The van der Waals surface area contributed by atoms with Crippen molar-refractivity contribution in [3.05, 3.63) is 52.7 Å². The third kappa shape index (κ3) is 5.28. The van der Waals surface area contributed by atoms with Crippen LogP contribution in [0.4, 0.5) is 0 Å². The van der Waals surface area contributed by atoms with Crippen LogP contribution in [0.5, 0.6) is 11.5 Å². The quantitative estimate of drug-likeness (QED) is 0.426. The zero-order valence-corrected chi connectivity index (χ0v) is 20.5. The number of ether oxygens (including phenoxy) is 2. The maximum absolute atomic E-state index is 13.4. The van der Waals surface area contributed by atoms with Gasteiger partial charge in [-0.05, 0) is 54.5 Å². The summed E-state index contributed by atoms with van der Waals surface area (Å²) in [6, 6.07) is 9.81. The number of amides is 1. The van der Waals surface area contributed by atoms with Gasteiger partial charge in [0.2, 0.25) is 0 Å². The van der Waals surface area contributed by atoms with Crippen molar-refractivity contribution in [2.45, 2.75) is 52.2 Å². The summed E-state index contributed by atoms with van der Waals surface area (Å²) in [5.41, 5.74) is 4.20. The van der Waals surface area contributed by atoms with Crippen LogP contribution in [-0.4, -0.2) is 58.5 Å². The number of fused-ring (bicyclic) bond motifs is 2. The van der Waals surface area contributed by atoms with Gasteiger partial charge in [-0.1, -0.05) is 19.9 Å². The van der Waals surface area contributed by atoms with E-state index in [0.29, 0.717) is 42.7 Å². The van der Waals surface area contributed by atoms with Gasteiger partial charge < -0.3 is 24.8 Å². The van der Waals surface area contributed by atoms with E-state index in [0.717, 1.165) is 67.0 Å². The van der Waals surface area contributed by atoms with Gasteiger partial charge >= 0.3 is 0 Å². The van der Waals surface area contributed by atoms with Crippen molar-refractivity contribution in [2.24, 2.45) is 5.92 Å². The third-order valence-electron chi connectivity index (χ3n) is 6.93. The van der Waals surface area contributed by atoms with Gasteiger partial charge in [0.1, 0.15) is 18.1 Å². The Morgan fingerprint density at radius 3 is 2.83 bits per heavy atom. The molecule has 35 heavy (non-hydrogen) atoms. The molecule has 5 rings (SSSR count). The van der Waals surface area contributed by atoms with Crippen molar-refractivity contribution < 1.29 is 19.4 Å². The highest BCUT2D eigenvalue weighted by molar-refractivity contribution is 6.01. The molecule has 0 spiro atoms. The molecule has 3 N–H and O–H groups in total. The maximum Gasteiger partial charge on any atom is 0.258 e. The predicted molar refractivity (Wildman–Crippen MR) is 134 cm³/mol. The predicted octanol–water partition coefficient (Wildman–Crippen LogP) is 3.77. The number of carbonyl (C=O) groups is 1. The van der Waals surface area contributed by atoms with Crippen molar-refractivity contribution in [2.75, 3.05) is 26.4 Å². The SMILES string of the molecule is CC(C)NCCOc1ccc2c(c1)CN(C(=O)c1cc3c(CC4CCOCC4)[nH]nc3cc1O)C2. The van der Waals surface area contributed by atoms with Crippen LogP contribution in [0.2, 0.25) is 0 Å². The van der Waals surface area contributed by atoms with Crippen molar-refractivity contribution in [1.82, 2.24) is 20.4 Å². The molecule has 3 heterocycles. The number of aromatic hydroxyl groups is 1. The molecule has 2 aliphatic rings. The molecule has 0 atom stereocenters. The number of H-pyrrole nitrogens is 1. The van der Waals surface area contributed by atoms with E-state index in [-0.39, 0.29) is 11.7 Å². The van der Waals surface area contributed by atoms with Gasteiger partial charge in [-0.3, -0.25) is 9.89 Å². The van der Waals surface area contributed by atoms with E-state index in [1.54, 1.807) is 17.0 Å². The highest BCUT2D eigenvalue weighted by Gasteiger charge is 2.27. The summed E-state index contributed by atoms with van der Waals surface area (Å²) in [5.74, 6) is 1.13. The Morgan fingerprint density at radius 2 is 2.03 bits per heavy atom. The Morgan fingerprint density at radius 1 is 1.23 bits per heavy atom. The molecule has 2 aromatic carbocycles. The van der Waals surface area contributed by atoms with Crippen LogP contribution in [-0.2, 0) is 24.2 Å². The van der Waals surface area contributed by atoms with E-state index < -0.39 is 0 Å². The minimum atomic E-state index is -0.178. The number of phenolic OH excluding ortho intramolecular Hbond substituents is 1. The summed E-state index contributed by atoms with van der Waals surface area (Å²) in [6.45, 7) is 8.18. The van der Waals surface area contributed by atoms with E-state index in [1.807, 2.05) is 18.2 Å². The lowest BCUT2D eigenvalue weighted by Crippen LogP contribution is -2.27. The van der Waals surface area contributed by atoms with Crippen LogP contribution >= 0.6 is 0 Å². The number of hydrogen-bond donors (Lipinski definition) is 3. The summed E-state index contributed by atoms with van der Waals surface area (Å²) in [7, 11) is 0. The van der Waals surface area contributed by atoms with Gasteiger partial charge in [0.25, 0.3) is 5.91 Å². The standard InChI is InChI=1S/C27H34N4O4/c1-17(2)28-7-10-35-21-4-3-19-15-31(16-20(19)12-21)27(33)23-13-22-24(11-18-5-8-34-9-6-18)29-30-25(22)14-26(23)32/h3-4,12-14,17-18,28,32H,5-11,15-16H2,1-2H3,(H,29,30). The van der Waals surface area contributed by atoms with E-state index in [2.05, 4.69) is 29.4 Å². The van der Waals surface area contributed by atoms with Crippen LogP contribution in [0.25, 0.3) is 10.9 Å². The number of hydrogen-bond acceptors (Lipinski definition) is 6. The fourth-order valence-corrected chi connectivity index (χ4v) is 4.96. The molecule has 0 aliphatic carbocycles. The minimum absolute atomic E-state index is 0.0377. The number of rotatable bonds is 8. The summed E-state index contributed by atoms with van der Waals surface area (Å²) in [6.07, 6.45) is 2.91. The van der Waals surface area contributed by atoms with Gasteiger partial charge in [0.05, 0.1) is 11.1 Å². The topological polar surface area (TPSA) is 99.7 Å².